The molecule has 0 spiro atoms. The van der Waals surface area contributed by atoms with E-state index < -0.39 is 27.7 Å². The molecule has 1 fully saturated rings. The molecule has 39 heavy (non-hydrogen) atoms. The minimum Gasteiger partial charge on any atom is -0.490 e. The number of nitriles is 1. The molecule has 0 unspecified atom stereocenters. The van der Waals surface area contributed by atoms with E-state index in [0.29, 0.717) is 61.8 Å². The van der Waals surface area contributed by atoms with E-state index in [-0.39, 0.29) is 13.4 Å². The lowest BCUT2D eigenvalue weighted by Crippen LogP contribution is -2.45. The number of hydrogen-bond donors (Lipinski definition) is 1. The van der Waals surface area contributed by atoms with Crippen molar-refractivity contribution in [2.24, 2.45) is 0 Å². The topological polar surface area (TPSA) is 148 Å². The van der Waals surface area contributed by atoms with Crippen LogP contribution < -0.4 is 9.46 Å². The smallest absolute Gasteiger partial charge is 0.258 e. The van der Waals surface area contributed by atoms with Crippen molar-refractivity contribution in [2.75, 3.05) is 32.1 Å². The molecule has 11 nitrogen and oxygen atoms in total. The van der Waals surface area contributed by atoms with Crippen molar-refractivity contribution in [3.05, 3.63) is 53.1 Å². The van der Waals surface area contributed by atoms with Gasteiger partial charge >= 0.3 is 0 Å². The van der Waals surface area contributed by atoms with E-state index in [1.165, 1.54) is 4.90 Å². The lowest BCUT2D eigenvalue weighted by atomic mass is 10.0. The highest BCUT2D eigenvalue weighted by molar-refractivity contribution is 7.90. The first-order chi connectivity index (χ1) is 18.7. The van der Waals surface area contributed by atoms with Crippen LogP contribution in [0.4, 0.5) is 0 Å². The number of nitrogens with zero attached hydrogens (tertiary/aromatic N) is 4. The molecule has 5 rings (SSSR count). The van der Waals surface area contributed by atoms with Crippen molar-refractivity contribution >= 4 is 15.9 Å². The summed E-state index contributed by atoms with van der Waals surface area (Å²) >= 11 is 0. The third-order valence-corrected chi connectivity index (χ3v) is 7.92. The molecule has 1 atom stereocenters. The maximum atomic E-state index is 12.8. The van der Waals surface area contributed by atoms with Crippen LogP contribution in [0.2, 0.25) is 0 Å². The average Bonchev–Trinajstić information content (AvgIpc) is 3.56. The van der Waals surface area contributed by atoms with Crippen LogP contribution >= 0.6 is 0 Å². The number of morpholine rings is 1. The highest BCUT2D eigenvalue weighted by Gasteiger charge is 2.31. The Morgan fingerprint density at radius 3 is 2.82 bits per heavy atom. The molecule has 2 aromatic carbocycles. The van der Waals surface area contributed by atoms with Gasteiger partial charge in [-0.05, 0) is 56.0 Å². The first-order valence-electron chi connectivity index (χ1n) is 12.8. The lowest BCUT2D eigenvalue weighted by molar-refractivity contribution is -0.132. The minimum absolute atomic E-state index is 0. The quantitative estimate of drug-likeness (QED) is 0.444. The Labute approximate surface area is 228 Å². The molecular weight excluding hydrogens is 522 g/mol. The number of benzene rings is 2. The monoisotopic (exact) mass is 553 g/mol. The number of carbonyl (C=O) groups is 1. The average molecular weight is 554 g/mol. The van der Waals surface area contributed by atoms with Crippen LogP contribution in [0.25, 0.3) is 22.8 Å². The SMILES string of the molecule is CC(C)Oc1ccc(-c2nc(-c3cccc4c3CC[C@@H]4NS(=O)(=O)CC(=O)N3CCOCC3)no2)cc1C#N.[HH]. The zero-order valence-corrected chi connectivity index (χ0v) is 22.5. The molecule has 2 heterocycles. The Morgan fingerprint density at radius 2 is 2.08 bits per heavy atom. The van der Waals surface area contributed by atoms with Gasteiger partial charge in [0.2, 0.25) is 21.8 Å². The van der Waals surface area contributed by atoms with Gasteiger partial charge in [0.15, 0.2) is 0 Å². The number of sulfonamides is 1. The number of rotatable bonds is 8. The molecule has 1 aliphatic carbocycles. The summed E-state index contributed by atoms with van der Waals surface area (Å²) in [6.07, 6.45) is 1.08. The Balaban J connectivity index is 0.00000370. The van der Waals surface area contributed by atoms with Crippen LogP contribution in [-0.2, 0) is 26.0 Å². The van der Waals surface area contributed by atoms with Crippen molar-refractivity contribution in [2.45, 2.75) is 38.8 Å². The molecule has 1 saturated heterocycles. The molecule has 12 heteroatoms. The van der Waals surface area contributed by atoms with Crippen LogP contribution in [0.3, 0.4) is 0 Å². The molecule has 1 aliphatic heterocycles. The first-order valence-corrected chi connectivity index (χ1v) is 14.4. The summed E-state index contributed by atoms with van der Waals surface area (Å²) < 4.78 is 44.8. The van der Waals surface area contributed by atoms with Gasteiger partial charge in [-0.15, -0.1) is 0 Å². The van der Waals surface area contributed by atoms with Gasteiger partial charge in [0.25, 0.3) is 5.89 Å². The minimum atomic E-state index is -3.85. The van der Waals surface area contributed by atoms with Crippen molar-refractivity contribution in [1.82, 2.24) is 19.8 Å². The van der Waals surface area contributed by atoms with Gasteiger partial charge in [-0.2, -0.15) is 10.2 Å². The molecule has 2 aliphatic rings. The summed E-state index contributed by atoms with van der Waals surface area (Å²) in [5.74, 6) is 0.0803. The molecule has 3 aromatic rings. The van der Waals surface area contributed by atoms with Gasteiger partial charge in [0.1, 0.15) is 17.6 Å². The Hall–Kier alpha value is -3.79. The van der Waals surface area contributed by atoms with Crippen LogP contribution in [0, 0.1) is 11.3 Å². The van der Waals surface area contributed by atoms with E-state index in [9.17, 15) is 18.5 Å². The Kier molecular flexibility index (Phi) is 7.65. The Bertz CT molecular complexity index is 1530. The number of fused-ring (bicyclic) bond motifs is 1. The molecule has 1 aromatic heterocycles. The van der Waals surface area contributed by atoms with Crippen molar-refractivity contribution < 1.29 is 28.6 Å². The zero-order valence-electron chi connectivity index (χ0n) is 21.7. The molecule has 0 saturated carbocycles. The molecule has 1 amide bonds. The van der Waals surface area contributed by atoms with Gasteiger partial charge in [0, 0.05) is 31.7 Å². The number of ether oxygens (including phenoxy) is 2. The lowest BCUT2D eigenvalue weighted by Gasteiger charge is -2.27. The van der Waals surface area contributed by atoms with Crippen LogP contribution in [0.15, 0.2) is 40.9 Å². The van der Waals surface area contributed by atoms with E-state index >= 15 is 0 Å². The number of carbonyl (C=O) groups excluding carboxylic acids is 1. The molecule has 0 bridgehead atoms. The van der Waals surface area contributed by atoms with E-state index in [2.05, 4.69) is 20.9 Å². The first kappa shape index (κ1) is 26.8. The second-order valence-electron chi connectivity index (χ2n) is 9.75. The van der Waals surface area contributed by atoms with Crippen LogP contribution in [0.1, 0.15) is 44.4 Å². The number of aromatic nitrogens is 2. The van der Waals surface area contributed by atoms with E-state index in [1.807, 2.05) is 32.0 Å². The highest BCUT2D eigenvalue weighted by atomic mass is 32.2. The van der Waals surface area contributed by atoms with Crippen molar-refractivity contribution in [3.8, 4) is 34.7 Å². The second kappa shape index (κ2) is 11.1. The maximum absolute atomic E-state index is 12.8. The van der Waals surface area contributed by atoms with Crippen LogP contribution in [-0.4, -0.2) is 67.5 Å². The summed E-state index contributed by atoms with van der Waals surface area (Å²) in [7, 11) is -3.85. The fraction of sp³-hybridized carbons (Fsp3) is 0.407. The molecular formula is C27H31N5O6S. The summed E-state index contributed by atoms with van der Waals surface area (Å²) in [5, 5.41) is 13.7. The van der Waals surface area contributed by atoms with Gasteiger partial charge < -0.3 is 18.9 Å². The Morgan fingerprint density at radius 1 is 1.28 bits per heavy atom. The predicted octanol–water partition coefficient (Wildman–Crippen LogP) is 3.07. The number of amides is 1. The molecule has 1 N–H and O–H groups in total. The summed E-state index contributed by atoms with van der Waals surface area (Å²) in [4.78, 5) is 18.6. The van der Waals surface area contributed by atoms with E-state index in [1.54, 1.807) is 18.2 Å². The van der Waals surface area contributed by atoms with Crippen LogP contribution in [0.5, 0.6) is 5.75 Å². The normalized spacial score (nSPS) is 17.2. The summed E-state index contributed by atoms with van der Waals surface area (Å²) in [5.41, 5.74) is 3.45. The summed E-state index contributed by atoms with van der Waals surface area (Å²) in [6.45, 7) is 5.38. The number of nitrogens with one attached hydrogen (secondary N) is 1. The van der Waals surface area contributed by atoms with E-state index in [4.69, 9.17) is 14.0 Å². The largest absolute Gasteiger partial charge is 0.490 e. The fourth-order valence-electron chi connectivity index (χ4n) is 4.87. The third kappa shape index (κ3) is 5.95. The van der Waals surface area contributed by atoms with Gasteiger partial charge in [0.05, 0.1) is 24.9 Å². The van der Waals surface area contributed by atoms with Gasteiger partial charge in [-0.1, -0.05) is 23.4 Å². The van der Waals surface area contributed by atoms with Gasteiger partial charge in [-0.3, -0.25) is 4.79 Å². The zero-order chi connectivity index (χ0) is 27.6. The predicted molar refractivity (Wildman–Crippen MR) is 143 cm³/mol. The maximum Gasteiger partial charge on any atom is 0.258 e. The third-order valence-electron chi connectivity index (χ3n) is 6.65. The van der Waals surface area contributed by atoms with Crippen molar-refractivity contribution in [3.63, 3.8) is 0 Å². The van der Waals surface area contributed by atoms with Gasteiger partial charge in [-0.25, -0.2) is 13.1 Å². The van der Waals surface area contributed by atoms with Crippen molar-refractivity contribution in [1.29, 1.82) is 5.26 Å². The fourth-order valence-corrected chi connectivity index (χ4v) is 6.14. The molecule has 0 radical (unpaired) electrons. The highest BCUT2D eigenvalue weighted by Crippen LogP contribution is 2.38. The van der Waals surface area contributed by atoms with E-state index in [0.717, 1.165) is 16.7 Å². The second-order valence-corrected chi connectivity index (χ2v) is 11.5. The summed E-state index contributed by atoms with van der Waals surface area (Å²) in [6, 6.07) is 12.4. The standard InChI is InChI=1S/C27H29N5O6S.H2/c1-17(2)37-24-9-6-18(14-19(24)15-28)27-29-26(30-38-27)22-5-3-4-21-20(22)7-8-23(21)31-39(34,35)16-25(33)32-10-12-36-13-11-32;/h3-6,9,14,17,23,31H,7-8,10-13,16H2,1-2H3;1H/t23-;/m0./s1. The molecule has 206 valence electrons. The number of hydrogen-bond acceptors (Lipinski definition) is 9.